The minimum absolute atomic E-state index is 0.114. The molecule has 3 aromatic carbocycles. The summed E-state index contributed by atoms with van der Waals surface area (Å²) < 4.78 is 72.6. The van der Waals surface area contributed by atoms with Gasteiger partial charge in [0.1, 0.15) is 17.3 Å². The molecule has 44 heavy (non-hydrogen) atoms. The van der Waals surface area contributed by atoms with Crippen molar-refractivity contribution >= 4 is 5.69 Å². The van der Waals surface area contributed by atoms with E-state index in [1.54, 1.807) is 53.4 Å². The molecule has 1 saturated heterocycles. The fourth-order valence-electron chi connectivity index (χ4n) is 5.64. The highest BCUT2D eigenvalue weighted by Crippen LogP contribution is 2.33. The molecule has 5 rings (SSSR count). The minimum Gasteiger partial charge on any atom is -0.363 e. The van der Waals surface area contributed by atoms with E-state index in [0.717, 1.165) is 27.3 Å². The summed E-state index contributed by atoms with van der Waals surface area (Å²) in [6.45, 7) is 2.44. The highest BCUT2D eigenvalue weighted by Gasteiger charge is 2.35. The van der Waals surface area contributed by atoms with Crippen LogP contribution in [0, 0.1) is 18.6 Å². The molecule has 1 fully saturated rings. The van der Waals surface area contributed by atoms with Gasteiger partial charge in [0.15, 0.2) is 0 Å². The monoisotopic (exact) mass is 613 g/mol. The van der Waals surface area contributed by atoms with Crippen molar-refractivity contribution in [3.05, 3.63) is 133 Å². The van der Waals surface area contributed by atoms with Gasteiger partial charge in [-0.05, 0) is 30.7 Å². The standard InChI is InChI=1S/C32H32F5N5O2/c1-21-29(40-16-14-39(15-17-40)18-23-10-5-6-12-26(23)33)30(43)42(20-28(38)22-8-3-2-4-9-22)31(44)41(21)19-24-25(32(35,36)37)11-7-13-27(24)34/h2-13,28H,14-20,38H2,1H3. The zero-order valence-corrected chi connectivity index (χ0v) is 24.0. The van der Waals surface area contributed by atoms with Crippen LogP contribution in [0.15, 0.2) is 82.4 Å². The van der Waals surface area contributed by atoms with Gasteiger partial charge >= 0.3 is 11.9 Å². The number of hydrogen-bond acceptors (Lipinski definition) is 5. The summed E-state index contributed by atoms with van der Waals surface area (Å²) in [6, 6.07) is 17.1. The average molecular weight is 614 g/mol. The molecule has 232 valence electrons. The minimum atomic E-state index is -4.86. The Hall–Kier alpha value is -4.29. The lowest BCUT2D eigenvalue weighted by Crippen LogP contribution is -2.51. The van der Waals surface area contributed by atoms with E-state index in [9.17, 15) is 31.5 Å². The van der Waals surface area contributed by atoms with Gasteiger partial charge in [0.2, 0.25) is 0 Å². The maximum atomic E-state index is 14.9. The first kappa shape index (κ1) is 31.1. The van der Waals surface area contributed by atoms with Crippen LogP contribution in [0.5, 0.6) is 0 Å². The number of anilines is 1. The molecule has 0 spiro atoms. The van der Waals surface area contributed by atoms with E-state index in [4.69, 9.17) is 5.73 Å². The van der Waals surface area contributed by atoms with Crippen LogP contribution in [0.2, 0.25) is 0 Å². The summed E-state index contributed by atoms with van der Waals surface area (Å²) in [4.78, 5) is 31.5. The molecular formula is C32H32F5N5O2. The van der Waals surface area contributed by atoms with Crippen LogP contribution in [0.3, 0.4) is 0 Å². The number of aromatic nitrogens is 2. The van der Waals surface area contributed by atoms with Crippen molar-refractivity contribution in [3.63, 3.8) is 0 Å². The third-order valence-electron chi connectivity index (χ3n) is 8.04. The van der Waals surface area contributed by atoms with Gasteiger partial charge in [0.25, 0.3) is 5.56 Å². The summed E-state index contributed by atoms with van der Waals surface area (Å²) in [5.74, 6) is -1.44. The molecule has 0 radical (unpaired) electrons. The predicted molar refractivity (Wildman–Crippen MR) is 157 cm³/mol. The summed E-state index contributed by atoms with van der Waals surface area (Å²) in [5, 5.41) is 0. The second kappa shape index (κ2) is 12.7. The van der Waals surface area contributed by atoms with Crippen LogP contribution >= 0.6 is 0 Å². The number of hydrogen-bond donors (Lipinski definition) is 1. The molecule has 7 nitrogen and oxygen atoms in total. The quantitative estimate of drug-likeness (QED) is 0.292. The lowest BCUT2D eigenvalue weighted by atomic mass is 10.1. The molecule has 1 aliphatic heterocycles. The van der Waals surface area contributed by atoms with Gasteiger partial charge in [0.05, 0.1) is 18.7 Å². The van der Waals surface area contributed by atoms with E-state index in [2.05, 4.69) is 0 Å². The highest BCUT2D eigenvalue weighted by atomic mass is 19.4. The Labute approximate surface area is 250 Å². The molecule has 0 saturated carbocycles. The zero-order chi connectivity index (χ0) is 31.6. The van der Waals surface area contributed by atoms with Crippen LogP contribution in [0.25, 0.3) is 0 Å². The number of benzene rings is 3. The van der Waals surface area contributed by atoms with Crippen molar-refractivity contribution in [2.45, 2.75) is 38.8 Å². The summed E-state index contributed by atoms with van der Waals surface area (Å²) in [6.07, 6.45) is -4.86. The first-order chi connectivity index (χ1) is 21.0. The Morgan fingerprint density at radius 3 is 2.09 bits per heavy atom. The van der Waals surface area contributed by atoms with Gasteiger partial charge in [0, 0.05) is 55.6 Å². The molecule has 12 heteroatoms. The molecule has 0 bridgehead atoms. The van der Waals surface area contributed by atoms with Crippen molar-refractivity contribution in [2.24, 2.45) is 5.73 Å². The van der Waals surface area contributed by atoms with E-state index >= 15 is 0 Å². The second-order valence-electron chi connectivity index (χ2n) is 10.9. The Kier molecular flexibility index (Phi) is 9.02. The third-order valence-corrected chi connectivity index (χ3v) is 8.04. The fraction of sp³-hybridized carbons (Fsp3) is 0.312. The molecule has 2 N–H and O–H groups in total. The van der Waals surface area contributed by atoms with E-state index in [-0.39, 0.29) is 23.7 Å². The first-order valence-electron chi connectivity index (χ1n) is 14.2. The number of halogens is 5. The van der Waals surface area contributed by atoms with Crippen LogP contribution < -0.4 is 21.9 Å². The summed E-state index contributed by atoms with van der Waals surface area (Å²) in [5.41, 5.74) is 4.37. The van der Waals surface area contributed by atoms with E-state index in [1.165, 1.54) is 13.0 Å². The maximum absolute atomic E-state index is 14.9. The maximum Gasteiger partial charge on any atom is 0.416 e. The number of nitrogens with zero attached hydrogens (tertiary/aromatic N) is 4. The van der Waals surface area contributed by atoms with Crippen molar-refractivity contribution < 1.29 is 22.0 Å². The van der Waals surface area contributed by atoms with Crippen molar-refractivity contribution in [1.82, 2.24) is 14.0 Å². The molecule has 0 aliphatic carbocycles. The van der Waals surface area contributed by atoms with Gasteiger partial charge in [-0.15, -0.1) is 0 Å². The van der Waals surface area contributed by atoms with Crippen molar-refractivity contribution in [2.75, 3.05) is 31.1 Å². The van der Waals surface area contributed by atoms with Crippen molar-refractivity contribution in [3.8, 4) is 0 Å². The predicted octanol–water partition coefficient (Wildman–Crippen LogP) is 4.69. The average Bonchev–Trinajstić information content (AvgIpc) is 3.00. The molecule has 0 amide bonds. The van der Waals surface area contributed by atoms with Crippen LogP contribution in [0.4, 0.5) is 27.6 Å². The number of rotatable bonds is 8. The molecule has 1 unspecified atom stereocenters. The first-order valence-corrected chi connectivity index (χ1v) is 14.2. The summed E-state index contributed by atoms with van der Waals surface area (Å²) in [7, 11) is 0. The third kappa shape index (κ3) is 6.46. The summed E-state index contributed by atoms with van der Waals surface area (Å²) >= 11 is 0. The van der Waals surface area contributed by atoms with Gasteiger partial charge in [-0.2, -0.15) is 13.2 Å². The Morgan fingerprint density at radius 1 is 0.795 bits per heavy atom. The Morgan fingerprint density at radius 2 is 1.43 bits per heavy atom. The number of nitrogens with two attached hydrogens (primary N) is 1. The van der Waals surface area contributed by atoms with Crippen LogP contribution in [-0.4, -0.2) is 40.2 Å². The molecule has 4 aromatic rings. The molecule has 1 atom stereocenters. The smallest absolute Gasteiger partial charge is 0.363 e. The van der Waals surface area contributed by atoms with Crippen LogP contribution in [-0.2, 0) is 25.8 Å². The number of alkyl halides is 3. The van der Waals surface area contributed by atoms with E-state index < -0.39 is 47.0 Å². The topological polar surface area (TPSA) is 76.5 Å². The highest BCUT2D eigenvalue weighted by molar-refractivity contribution is 5.50. The zero-order valence-electron chi connectivity index (χ0n) is 24.0. The van der Waals surface area contributed by atoms with Gasteiger partial charge in [-0.25, -0.2) is 13.6 Å². The van der Waals surface area contributed by atoms with Gasteiger partial charge in [-0.3, -0.25) is 18.8 Å². The lowest BCUT2D eigenvalue weighted by molar-refractivity contribution is -0.138. The van der Waals surface area contributed by atoms with Crippen molar-refractivity contribution in [1.29, 1.82) is 0 Å². The van der Waals surface area contributed by atoms with E-state index in [0.29, 0.717) is 43.9 Å². The number of piperazine rings is 1. The molecule has 2 heterocycles. The molecule has 1 aliphatic rings. The normalized spacial score (nSPS) is 15.0. The molecular weight excluding hydrogens is 581 g/mol. The molecule has 1 aromatic heterocycles. The van der Waals surface area contributed by atoms with E-state index in [1.807, 2.05) is 4.90 Å². The Bertz CT molecular complexity index is 1750. The van der Waals surface area contributed by atoms with Gasteiger partial charge in [-0.1, -0.05) is 54.6 Å². The Balaban J connectivity index is 1.54. The SMILES string of the molecule is Cc1c(N2CCN(Cc3ccccc3F)CC2)c(=O)n(CC(N)c2ccccc2)c(=O)n1Cc1c(F)cccc1C(F)(F)F. The fourth-order valence-corrected chi connectivity index (χ4v) is 5.64. The van der Waals surface area contributed by atoms with Crippen LogP contribution in [0.1, 0.15) is 34.0 Å². The lowest BCUT2D eigenvalue weighted by Gasteiger charge is -2.37. The van der Waals surface area contributed by atoms with Gasteiger partial charge < -0.3 is 10.6 Å². The largest absolute Gasteiger partial charge is 0.416 e. The second-order valence-corrected chi connectivity index (χ2v) is 10.9.